The average molecular weight is 305 g/mol. The molecule has 0 aliphatic heterocycles. The summed E-state index contributed by atoms with van der Waals surface area (Å²) in [7, 11) is 0. The lowest BCUT2D eigenvalue weighted by Gasteiger charge is -2.13. The highest BCUT2D eigenvalue weighted by Crippen LogP contribution is 2.45. The van der Waals surface area contributed by atoms with E-state index in [1.807, 2.05) is 0 Å². The maximum absolute atomic E-state index is 13.4. The number of carboxylic acids is 1. The molecule has 5 nitrogen and oxygen atoms in total. The first-order valence-corrected chi connectivity index (χ1v) is 6.15. The standard InChI is InChI=1S/C12H11ClF2N2O3/c13-7-3-6(14)4-8(15)9(7)17-11(20)16-5-12(1-2-12)10(18)19/h3-4H,1-2,5H2,(H,18,19)(H2,16,17,20). The molecule has 1 saturated carbocycles. The zero-order valence-corrected chi connectivity index (χ0v) is 10.9. The predicted octanol–water partition coefficient (Wildman–Crippen LogP) is 2.60. The van der Waals surface area contributed by atoms with Crippen LogP contribution in [0, 0.1) is 17.0 Å². The summed E-state index contributed by atoms with van der Waals surface area (Å²) in [5, 5.41) is 13.1. The van der Waals surface area contributed by atoms with Crippen molar-refractivity contribution < 1.29 is 23.5 Å². The smallest absolute Gasteiger partial charge is 0.319 e. The zero-order chi connectivity index (χ0) is 14.9. The van der Waals surface area contributed by atoms with E-state index in [1.165, 1.54) is 0 Å². The molecule has 0 unspecified atom stereocenters. The highest BCUT2D eigenvalue weighted by Gasteiger charge is 2.50. The molecule has 1 aromatic rings. The van der Waals surface area contributed by atoms with Crippen molar-refractivity contribution in [2.45, 2.75) is 12.8 Å². The van der Waals surface area contributed by atoms with Gasteiger partial charge in [-0.05, 0) is 18.9 Å². The molecule has 2 rings (SSSR count). The number of carbonyl (C=O) groups is 2. The van der Waals surface area contributed by atoms with Crippen molar-refractivity contribution in [3.63, 3.8) is 0 Å². The number of rotatable bonds is 4. The van der Waals surface area contributed by atoms with Gasteiger partial charge < -0.3 is 15.7 Å². The van der Waals surface area contributed by atoms with E-state index >= 15 is 0 Å². The fourth-order valence-corrected chi connectivity index (χ4v) is 1.93. The van der Waals surface area contributed by atoms with Crippen LogP contribution in [-0.2, 0) is 4.79 Å². The van der Waals surface area contributed by atoms with E-state index < -0.39 is 29.0 Å². The summed E-state index contributed by atoms with van der Waals surface area (Å²) in [4.78, 5) is 22.5. The number of hydrogen-bond acceptors (Lipinski definition) is 2. The predicted molar refractivity (Wildman–Crippen MR) is 67.7 cm³/mol. The summed E-state index contributed by atoms with van der Waals surface area (Å²) in [6.45, 7) is -0.0609. The van der Waals surface area contributed by atoms with Crippen LogP contribution >= 0.6 is 11.6 Å². The second kappa shape index (κ2) is 5.24. The quantitative estimate of drug-likeness (QED) is 0.800. The molecule has 1 aliphatic carbocycles. The minimum Gasteiger partial charge on any atom is -0.481 e. The fourth-order valence-electron chi connectivity index (χ4n) is 1.69. The van der Waals surface area contributed by atoms with Gasteiger partial charge in [0.1, 0.15) is 5.82 Å². The van der Waals surface area contributed by atoms with Gasteiger partial charge in [0.25, 0.3) is 0 Å². The molecule has 0 bridgehead atoms. The van der Waals surface area contributed by atoms with Crippen molar-refractivity contribution in [3.8, 4) is 0 Å². The van der Waals surface area contributed by atoms with Crippen molar-refractivity contribution in [1.82, 2.24) is 5.32 Å². The van der Waals surface area contributed by atoms with Gasteiger partial charge in [0.05, 0.1) is 16.1 Å². The molecule has 0 radical (unpaired) electrons. The SMILES string of the molecule is O=C(NCC1(C(=O)O)CC1)Nc1c(F)cc(F)cc1Cl. The number of carboxylic acid groups (broad SMARTS) is 1. The fraction of sp³-hybridized carbons (Fsp3) is 0.333. The maximum Gasteiger partial charge on any atom is 0.319 e. The van der Waals surface area contributed by atoms with E-state index in [-0.39, 0.29) is 17.3 Å². The third-order valence-corrected chi connectivity index (χ3v) is 3.44. The van der Waals surface area contributed by atoms with Gasteiger partial charge >= 0.3 is 12.0 Å². The number of urea groups is 1. The Kier molecular flexibility index (Phi) is 3.80. The molecule has 108 valence electrons. The third-order valence-electron chi connectivity index (χ3n) is 3.14. The highest BCUT2D eigenvalue weighted by molar-refractivity contribution is 6.33. The molecule has 0 heterocycles. The molecule has 0 saturated heterocycles. The molecule has 0 aromatic heterocycles. The van der Waals surface area contributed by atoms with E-state index in [0.717, 1.165) is 6.07 Å². The van der Waals surface area contributed by atoms with Gasteiger partial charge in [0, 0.05) is 12.6 Å². The van der Waals surface area contributed by atoms with Crippen LogP contribution in [0.15, 0.2) is 12.1 Å². The van der Waals surface area contributed by atoms with Gasteiger partial charge in [-0.3, -0.25) is 4.79 Å². The average Bonchev–Trinajstić information content (AvgIpc) is 3.12. The normalized spacial score (nSPS) is 15.6. The molecule has 0 atom stereocenters. The molecule has 1 aliphatic rings. The summed E-state index contributed by atoms with van der Waals surface area (Å²) < 4.78 is 26.3. The van der Waals surface area contributed by atoms with Gasteiger partial charge in [-0.2, -0.15) is 0 Å². The largest absolute Gasteiger partial charge is 0.481 e. The lowest BCUT2D eigenvalue weighted by Crippen LogP contribution is -2.37. The van der Waals surface area contributed by atoms with Gasteiger partial charge in [-0.15, -0.1) is 0 Å². The van der Waals surface area contributed by atoms with Crippen LogP contribution in [-0.4, -0.2) is 23.7 Å². The molecule has 1 fully saturated rings. The minimum atomic E-state index is -1.01. The van der Waals surface area contributed by atoms with E-state index in [0.29, 0.717) is 18.9 Å². The Morgan fingerprint density at radius 3 is 2.50 bits per heavy atom. The second-order valence-corrected chi connectivity index (χ2v) is 5.04. The Morgan fingerprint density at radius 2 is 2.00 bits per heavy atom. The monoisotopic (exact) mass is 304 g/mol. The van der Waals surface area contributed by atoms with Crippen LogP contribution in [0.3, 0.4) is 0 Å². The molecule has 8 heteroatoms. The molecule has 3 N–H and O–H groups in total. The number of benzene rings is 1. The lowest BCUT2D eigenvalue weighted by molar-refractivity contribution is -0.143. The van der Waals surface area contributed by atoms with Crippen LogP contribution in [0.2, 0.25) is 5.02 Å². The van der Waals surface area contributed by atoms with Crippen molar-refractivity contribution in [2.24, 2.45) is 5.41 Å². The number of anilines is 1. The summed E-state index contributed by atoms with van der Waals surface area (Å²) in [6.07, 6.45) is 0.961. The Labute approximate surface area is 117 Å². The van der Waals surface area contributed by atoms with Gasteiger partial charge in [0.15, 0.2) is 5.82 Å². The number of halogens is 3. The zero-order valence-electron chi connectivity index (χ0n) is 10.2. The molecular formula is C12H11ClF2N2O3. The van der Waals surface area contributed by atoms with E-state index in [9.17, 15) is 18.4 Å². The number of amides is 2. The van der Waals surface area contributed by atoms with Crippen LogP contribution in [0.5, 0.6) is 0 Å². The van der Waals surface area contributed by atoms with Crippen molar-refractivity contribution in [1.29, 1.82) is 0 Å². The number of aliphatic carboxylic acids is 1. The number of carbonyl (C=O) groups excluding carboxylic acids is 1. The van der Waals surface area contributed by atoms with Gasteiger partial charge in [-0.1, -0.05) is 11.6 Å². The van der Waals surface area contributed by atoms with Crippen LogP contribution < -0.4 is 10.6 Å². The second-order valence-electron chi connectivity index (χ2n) is 4.64. The van der Waals surface area contributed by atoms with Crippen LogP contribution in [0.4, 0.5) is 19.3 Å². The Bertz CT molecular complexity index is 553. The summed E-state index contributed by atoms with van der Waals surface area (Å²) >= 11 is 5.62. The number of nitrogens with one attached hydrogen (secondary N) is 2. The molecule has 20 heavy (non-hydrogen) atoms. The molecule has 2 amide bonds. The van der Waals surface area contributed by atoms with Crippen molar-refractivity contribution in [3.05, 3.63) is 28.8 Å². The van der Waals surface area contributed by atoms with Crippen molar-refractivity contribution in [2.75, 3.05) is 11.9 Å². The van der Waals surface area contributed by atoms with E-state index in [1.54, 1.807) is 0 Å². The molecule has 0 spiro atoms. The minimum absolute atomic E-state index is 0.0609. The Balaban J connectivity index is 1.97. The third kappa shape index (κ3) is 2.98. The van der Waals surface area contributed by atoms with Gasteiger partial charge in [-0.25, -0.2) is 13.6 Å². The highest BCUT2D eigenvalue weighted by atomic mass is 35.5. The summed E-state index contributed by atoms with van der Waals surface area (Å²) in [5.74, 6) is -2.85. The van der Waals surface area contributed by atoms with Crippen LogP contribution in [0.25, 0.3) is 0 Å². The van der Waals surface area contributed by atoms with Crippen molar-refractivity contribution >= 4 is 29.3 Å². The molecular weight excluding hydrogens is 294 g/mol. The topological polar surface area (TPSA) is 78.4 Å². The number of hydrogen-bond donors (Lipinski definition) is 3. The first-order chi connectivity index (χ1) is 9.34. The maximum atomic E-state index is 13.4. The van der Waals surface area contributed by atoms with E-state index in [4.69, 9.17) is 16.7 Å². The van der Waals surface area contributed by atoms with Crippen LogP contribution in [0.1, 0.15) is 12.8 Å². The first-order valence-electron chi connectivity index (χ1n) is 5.77. The Morgan fingerprint density at radius 1 is 1.35 bits per heavy atom. The van der Waals surface area contributed by atoms with Gasteiger partial charge in [0.2, 0.25) is 0 Å². The Hall–Kier alpha value is -1.89. The summed E-state index contributed by atoms with van der Waals surface area (Å²) in [6, 6.07) is 0.644. The molecule has 1 aromatic carbocycles. The summed E-state index contributed by atoms with van der Waals surface area (Å²) in [5.41, 5.74) is -1.28. The lowest BCUT2D eigenvalue weighted by atomic mass is 10.1. The van der Waals surface area contributed by atoms with E-state index in [2.05, 4.69) is 10.6 Å². The first kappa shape index (κ1) is 14.5.